The number of imide groups is 1. The fourth-order valence-corrected chi connectivity index (χ4v) is 3.95. The quantitative estimate of drug-likeness (QED) is 0.462. The van der Waals surface area contributed by atoms with Crippen LogP contribution in [-0.2, 0) is 16.1 Å². The number of carbonyl (C=O) groups is 3. The monoisotopic (exact) mass is 472 g/mol. The van der Waals surface area contributed by atoms with Crippen LogP contribution in [0.25, 0.3) is 0 Å². The molecule has 0 saturated carbocycles. The number of carbonyl (C=O) groups excluding carboxylic acids is 3. The Morgan fingerprint density at radius 1 is 1.09 bits per heavy atom. The van der Waals surface area contributed by atoms with Crippen molar-refractivity contribution < 1.29 is 19.1 Å². The summed E-state index contributed by atoms with van der Waals surface area (Å²) < 4.78 is 5.57. The largest absolute Gasteiger partial charge is 0.494 e. The summed E-state index contributed by atoms with van der Waals surface area (Å²) in [5.74, 6) is -0.0681. The second-order valence-electron chi connectivity index (χ2n) is 8.43. The number of amides is 4. The molecule has 8 nitrogen and oxygen atoms in total. The maximum atomic E-state index is 13.4. The summed E-state index contributed by atoms with van der Waals surface area (Å²) in [4.78, 5) is 46.4. The molecule has 0 radical (unpaired) electrons. The number of benzene rings is 2. The Bertz CT molecular complexity index is 1200. The van der Waals surface area contributed by atoms with Crippen LogP contribution in [0, 0.1) is 6.92 Å². The molecule has 1 N–H and O–H groups in total. The molecular formula is C27H28N4O4. The van der Waals surface area contributed by atoms with Gasteiger partial charge in [-0.1, -0.05) is 25.1 Å². The molecule has 180 valence electrons. The number of rotatable bonds is 9. The van der Waals surface area contributed by atoms with Crippen molar-refractivity contribution in [2.24, 2.45) is 0 Å². The third kappa shape index (κ3) is 5.66. The molecule has 0 unspecified atom stereocenters. The van der Waals surface area contributed by atoms with Crippen molar-refractivity contribution in [2.75, 3.05) is 16.8 Å². The summed E-state index contributed by atoms with van der Waals surface area (Å²) in [5.41, 5.74) is 2.77. The lowest BCUT2D eigenvalue weighted by molar-refractivity contribution is -0.124. The highest BCUT2D eigenvalue weighted by molar-refractivity contribution is 6.22. The van der Waals surface area contributed by atoms with Gasteiger partial charge in [0.25, 0.3) is 5.91 Å². The van der Waals surface area contributed by atoms with Crippen molar-refractivity contribution in [3.8, 4) is 5.75 Å². The van der Waals surface area contributed by atoms with E-state index in [1.54, 1.807) is 60.9 Å². The van der Waals surface area contributed by atoms with Crippen molar-refractivity contribution in [3.63, 3.8) is 0 Å². The van der Waals surface area contributed by atoms with E-state index in [0.717, 1.165) is 28.2 Å². The third-order valence-electron chi connectivity index (χ3n) is 5.64. The van der Waals surface area contributed by atoms with Crippen LogP contribution in [0.3, 0.4) is 0 Å². The second kappa shape index (κ2) is 10.8. The lowest BCUT2D eigenvalue weighted by Crippen LogP contribution is -2.37. The van der Waals surface area contributed by atoms with Gasteiger partial charge < -0.3 is 15.0 Å². The van der Waals surface area contributed by atoms with Crippen LogP contribution in [0.5, 0.6) is 5.75 Å². The molecule has 1 fully saturated rings. The molecule has 4 amide bonds. The van der Waals surface area contributed by atoms with Crippen molar-refractivity contribution >= 4 is 29.2 Å². The van der Waals surface area contributed by atoms with Gasteiger partial charge in [0.05, 0.1) is 18.7 Å². The fraction of sp³-hybridized carbons (Fsp3) is 0.259. The predicted molar refractivity (Wildman–Crippen MR) is 133 cm³/mol. The van der Waals surface area contributed by atoms with Crippen LogP contribution >= 0.6 is 0 Å². The van der Waals surface area contributed by atoms with E-state index in [1.165, 1.54) is 4.90 Å². The lowest BCUT2D eigenvalue weighted by atomic mass is 10.1. The van der Waals surface area contributed by atoms with E-state index in [0.29, 0.717) is 18.0 Å². The summed E-state index contributed by atoms with van der Waals surface area (Å²) in [5, 5.41) is 2.82. The highest BCUT2D eigenvalue weighted by Crippen LogP contribution is 2.29. The Morgan fingerprint density at radius 3 is 2.57 bits per heavy atom. The summed E-state index contributed by atoms with van der Waals surface area (Å²) >= 11 is 0. The number of hydrogen-bond acceptors (Lipinski definition) is 5. The van der Waals surface area contributed by atoms with E-state index in [2.05, 4.69) is 10.3 Å². The number of ether oxygens (including phenoxy) is 1. The Kier molecular flexibility index (Phi) is 7.40. The molecule has 1 aromatic heterocycles. The van der Waals surface area contributed by atoms with Gasteiger partial charge in [-0.05, 0) is 66.9 Å². The average Bonchev–Trinajstić information content (AvgIpc) is 3.08. The molecule has 0 bridgehead atoms. The molecule has 1 aliphatic heterocycles. The first-order valence-electron chi connectivity index (χ1n) is 11.6. The molecule has 0 spiro atoms. The van der Waals surface area contributed by atoms with Gasteiger partial charge in [-0.2, -0.15) is 0 Å². The number of pyridine rings is 1. The van der Waals surface area contributed by atoms with Gasteiger partial charge in [-0.25, -0.2) is 9.69 Å². The van der Waals surface area contributed by atoms with Gasteiger partial charge in [0, 0.05) is 24.6 Å². The van der Waals surface area contributed by atoms with Gasteiger partial charge in [0.2, 0.25) is 5.91 Å². The number of aryl methyl sites for hydroxylation is 1. The van der Waals surface area contributed by atoms with Gasteiger partial charge >= 0.3 is 6.03 Å². The van der Waals surface area contributed by atoms with E-state index in [1.807, 2.05) is 26.0 Å². The Hall–Kier alpha value is -4.20. The normalized spacial score (nSPS) is 15.4. The van der Waals surface area contributed by atoms with Crippen LogP contribution < -0.4 is 15.0 Å². The minimum Gasteiger partial charge on any atom is -0.494 e. The molecule has 2 heterocycles. The topological polar surface area (TPSA) is 91.8 Å². The molecule has 35 heavy (non-hydrogen) atoms. The number of anilines is 2. The summed E-state index contributed by atoms with van der Waals surface area (Å²) in [6, 6.07) is 16.5. The zero-order chi connectivity index (χ0) is 24.8. The molecule has 1 atom stereocenters. The molecule has 1 saturated heterocycles. The van der Waals surface area contributed by atoms with Crippen LogP contribution in [-0.4, -0.2) is 40.4 Å². The van der Waals surface area contributed by atoms with Crippen LogP contribution in [0.2, 0.25) is 0 Å². The van der Waals surface area contributed by atoms with Crippen molar-refractivity contribution in [1.29, 1.82) is 0 Å². The highest BCUT2D eigenvalue weighted by atomic mass is 16.5. The van der Waals surface area contributed by atoms with E-state index in [-0.39, 0.29) is 18.9 Å². The summed E-state index contributed by atoms with van der Waals surface area (Å²) in [6.45, 7) is 4.71. The maximum absolute atomic E-state index is 13.4. The first kappa shape index (κ1) is 23.9. The van der Waals surface area contributed by atoms with E-state index in [9.17, 15) is 14.4 Å². The smallest absolute Gasteiger partial charge is 0.332 e. The number of nitrogens with one attached hydrogen (secondary N) is 1. The highest BCUT2D eigenvalue weighted by Gasteiger charge is 2.46. The Balaban J connectivity index is 1.53. The number of hydrogen-bond donors (Lipinski definition) is 1. The number of urea groups is 1. The first-order chi connectivity index (χ1) is 17.0. The van der Waals surface area contributed by atoms with Gasteiger partial charge in [-0.3, -0.25) is 14.6 Å². The maximum Gasteiger partial charge on any atom is 0.332 e. The van der Waals surface area contributed by atoms with Crippen molar-refractivity contribution in [3.05, 3.63) is 84.2 Å². The summed E-state index contributed by atoms with van der Waals surface area (Å²) in [7, 11) is 0. The molecule has 3 aromatic rings. The lowest BCUT2D eigenvalue weighted by Gasteiger charge is -2.21. The van der Waals surface area contributed by atoms with Gasteiger partial charge in [-0.15, -0.1) is 0 Å². The predicted octanol–water partition coefficient (Wildman–Crippen LogP) is 4.55. The number of nitrogens with zero attached hydrogens (tertiary/aromatic N) is 3. The average molecular weight is 473 g/mol. The minimum absolute atomic E-state index is 0.165. The van der Waals surface area contributed by atoms with E-state index in [4.69, 9.17) is 4.74 Å². The minimum atomic E-state index is -0.935. The fourth-order valence-electron chi connectivity index (χ4n) is 3.95. The third-order valence-corrected chi connectivity index (χ3v) is 5.64. The van der Waals surface area contributed by atoms with Crippen molar-refractivity contribution in [2.45, 2.75) is 39.3 Å². The zero-order valence-corrected chi connectivity index (χ0v) is 19.8. The van der Waals surface area contributed by atoms with E-state index >= 15 is 0 Å². The molecule has 0 aliphatic carbocycles. The molecule has 8 heteroatoms. The van der Waals surface area contributed by atoms with Gasteiger partial charge in [0.15, 0.2) is 0 Å². The van der Waals surface area contributed by atoms with Crippen LogP contribution in [0.15, 0.2) is 73.1 Å². The standard InChI is InChI=1S/C27H28N4O4/c1-3-14-35-23-11-9-21(10-12-23)29-25(32)16-24-26(33)31(22-8-4-6-19(2)15-22)27(34)30(24)18-20-7-5-13-28-17-20/h4-13,15,17,24H,3,14,16,18H2,1-2H3,(H,29,32)/t24-/m1/s1. The second-order valence-corrected chi connectivity index (χ2v) is 8.43. The Morgan fingerprint density at radius 2 is 1.89 bits per heavy atom. The first-order valence-corrected chi connectivity index (χ1v) is 11.6. The summed E-state index contributed by atoms with van der Waals surface area (Å²) in [6.07, 6.45) is 4.03. The molecule has 2 aromatic carbocycles. The molecular weight excluding hydrogens is 444 g/mol. The molecule has 4 rings (SSSR count). The van der Waals surface area contributed by atoms with Crippen LogP contribution in [0.1, 0.15) is 30.9 Å². The SMILES string of the molecule is CCCOc1ccc(NC(=O)C[C@@H]2C(=O)N(c3cccc(C)c3)C(=O)N2Cc2cccnc2)cc1. The van der Waals surface area contributed by atoms with Crippen LogP contribution in [0.4, 0.5) is 16.2 Å². The number of aromatic nitrogens is 1. The molecule has 1 aliphatic rings. The van der Waals surface area contributed by atoms with Crippen molar-refractivity contribution in [1.82, 2.24) is 9.88 Å². The Labute approximate surface area is 204 Å². The van der Waals surface area contributed by atoms with E-state index < -0.39 is 18.0 Å². The zero-order valence-electron chi connectivity index (χ0n) is 19.8. The van der Waals surface area contributed by atoms with Gasteiger partial charge in [0.1, 0.15) is 11.8 Å².